The van der Waals surface area contributed by atoms with Crippen LogP contribution in [0.2, 0.25) is 10.0 Å². The van der Waals surface area contributed by atoms with E-state index in [2.05, 4.69) is 5.16 Å². The van der Waals surface area contributed by atoms with E-state index in [1.54, 1.807) is 31.3 Å². The van der Waals surface area contributed by atoms with E-state index in [4.69, 9.17) is 37.6 Å². The number of carboxylic acid groups (broad SMARTS) is 1. The molecule has 4 rings (SSSR count). The molecule has 4 aromatic rings. The second-order valence-electron chi connectivity index (χ2n) is 8.57. The highest BCUT2D eigenvalue weighted by Gasteiger charge is 2.37. The SMILES string of the molecule is COc1cc(Cl)cc(Cl)c1-c1noc(C(C)(C)F)c1C(=O)n1cc(C)c2c(/C=C/C(=O)O)cccc21. The number of hydrogen-bond acceptors (Lipinski definition) is 5. The van der Waals surface area contributed by atoms with Gasteiger partial charge in [0.25, 0.3) is 5.91 Å². The number of benzene rings is 2. The molecule has 0 amide bonds. The zero-order chi connectivity index (χ0) is 26.4. The minimum Gasteiger partial charge on any atom is -0.496 e. The maximum absolute atomic E-state index is 15.2. The van der Waals surface area contributed by atoms with Crippen molar-refractivity contribution in [1.29, 1.82) is 0 Å². The molecule has 2 heterocycles. The quantitative estimate of drug-likeness (QED) is 0.272. The number of aliphatic carboxylic acids is 1. The summed E-state index contributed by atoms with van der Waals surface area (Å²) in [5, 5.41) is 14.2. The summed E-state index contributed by atoms with van der Waals surface area (Å²) in [5.74, 6) is -1.76. The Balaban J connectivity index is 2.00. The molecule has 36 heavy (non-hydrogen) atoms. The molecule has 0 aliphatic carbocycles. The van der Waals surface area contributed by atoms with Crippen molar-refractivity contribution in [3.8, 4) is 17.0 Å². The third-order valence-corrected chi connectivity index (χ3v) is 6.11. The van der Waals surface area contributed by atoms with Gasteiger partial charge in [0.05, 0.1) is 23.2 Å². The smallest absolute Gasteiger partial charge is 0.328 e. The average molecular weight is 531 g/mol. The Morgan fingerprint density at radius 3 is 2.61 bits per heavy atom. The molecular formula is C26H21Cl2FN2O5. The van der Waals surface area contributed by atoms with E-state index in [1.165, 1.54) is 43.7 Å². The maximum Gasteiger partial charge on any atom is 0.328 e. The monoisotopic (exact) mass is 530 g/mol. The lowest BCUT2D eigenvalue weighted by atomic mass is 9.97. The summed E-state index contributed by atoms with van der Waals surface area (Å²) < 4.78 is 27.4. The Labute approximate surface area is 215 Å². The normalized spacial score (nSPS) is 12.0. The lowest BCUT2D eigenvalue weighted by molar-refractivity contribution is -0.131. The number of carbonyl (C=O) groups is 2. The largest absolute Gasteiger partial charge is 0.496 e. The minimum absolute atomic E-state index is 0.000623. The highest BCUT2D eigenvalue weighted by molar-refractivity contribution is 6.37. The lowest BCUT2D eigenvalue weighted by Crippen LogP contribution is -2.18. The van der Waals surface area contributed by atoms with Crippen LogP contribution in [0.4, 0.5) is 4.39 Å². The van der Waals surface area contributed by atoms with Gasteiger partial charge in [0, 0.05) is 22.7 Å². The summed E-state index contributed by atoms with van der Waals surface area (Å²) in [4.78, 5) is 25.1. The van der Waals surface area contributed by atoms with Gasteiger partial charge in [-0.25, -0.2) is 9.18 Å². The van der Waals surface area contributed by atoms with E-state index in [0.717, 1.165) is 6.08 Å². The molecule has 0 fully saturated rings. The maximum atomic E-state index is 15.2. The Kier molecular flexibility index (Phi) is 6.68. The highest BCUT2D eigenvalue weighted by atomic mass is 35.5. The van der Waals surface area contributed by atoms with Crippen molar-refractivity contribution in [2.45, 2.75) is 26.4 Å². The van der Waals surface area contributed by atoms with Gasteiger partial charge >= 0.3 is 5.97 Å². The molecule has 0 atom stereocenters. The van der Waals surface area contributed by atoms with Gasteiger partial charge in [0.2, 0.25) is 0 Å². The van der Waals surface area contributed by atoms with E-state index in [1.807, 2.05) is 0 Å². The first kappa shape index (κ1) is 25.5. The van der Waals surface area contributed by atoms with Crippen LogP contribution in [-0.2, 0) is 10.5 Å². The third kappa shape index (κ3) is 4.50. The number of nitrogens with zero attached hydrogens (tertiary/aromatic N) is 2. The Bertz CT molecular complexity index is 1550. The number of fused-ring (bicyclic) bond motifs is 1. The molecule has 0 saturated carbocycles. The zero-order valence-electron chi connectivity index (χ0n) is 19.7. The summed E-state index contributed by atoms with van der Waals surface area (Å²) in [6.07, 6.45) is 4.06. The van der Waals surface area contributed by atoms with E-state index in [-0.39, 0.29) is 33.4 Å². The van der Waals surface area contributed by atoms with Crippen LogP contribution in [0.3, 0.4) is 0 Å². The summed E-state index contributed by atoms with van der Waals surface area (Å²) in [5.41, 5.74) is -0.147. The molecule has 7 nitrogen and oxygen atoms in total. The summed E-state index contributed by atoms with van der Waals surface area (Å²) in [6.45, 7) is 4.29. The molecule has 2 aromatic heterocycles. The number of alkyl halides is 1. The van der Waals surface area contributed by atoms with Crippen LogP contribution in [0.5, 0.6) is 5.75 Å². The standard InChI is InChI=1S/C26H21Cl2FN2O5/c1-13-12-31(17-7-5-6-14(20(13)17)8-9-19(32)33)25(34)22-23(30-36-24(22)26(2,3)29)21-16(28)10-15(27)11-18(21)35-4/h5-12H,1-4H3,(H,32,33)/b9-8+. The van der Waals surface area contributed by atoms with Crippen LogP contribution < -0.4 is 4.74 Å². The van der Waals surface area contributed by atoms with Crippen molar-refractivity contribution >= 4 is 52.1 Å². The van der Waals surface area contributed by atoms with E-state index in [0.29, 0.717) is 27.1 Å². The van der Waals surface area contributed by atoms with Gasteiger partial charge in [-0.1, -0.05) is 40.5 Å². The molecular weight excluding hydrogens is 510 g/mol. The number of aromatic nitrogens is 2. The van der Waals surface area contributed by atoms with Crippen LogP contribution in [0.1, 0.15) is 41.1 Å². The fourth-order valence-corrected chi connectivity index (χ4v) is 4.67. The lowest BCUT2D eigenvalue weighted by Gasteiger charge is -2.14. The number of ether oxygens (including phenoxy) is 1. The van der Waals surface area contributed by atoms with Crippen LogP contribution in [0.25, 0.3) is 28.2 Å². The molecule has 1 N–H and O–H groups in total. The number of aryl methyl sites for hydroxylation is 1. The highest BCUT2D eigenvalue weighted by Crippen LogP contribution is 2.43. The number of hydrogen-bond donors (Lipinski definition) is 1. The van der Waals surface area contributed by atoms with Gasteiger partial charge in [-0.05, 0) is 56.2 Å². The van der Waals surface area contributed by atoms with Gasteiger partial charge in [0.1, 0.15) is 17.0 Å². The van der Waals surface area contributed by atoms with Crippen LogP contribution in [0.15, 0.2) is 47.1 Å². The van der Waals surface area contributed by atoms with Crippen molar-refractivity contribution in [2.24, 2.45) is 0 Å². The van der Waals surface area contributed by atoms with Gasteiger partial charge in [-0.15, -0.1) is 0 Å². The number of carbonyl (C=O) groups excluding carboxylic acids is 1. The number of carboxylic acids is 1. The van der Waals surface area contributed by atoms with Gasteiger partial charge in [-0.2, -0.15) is 0 Å². The molecule has 0 bridgehead atoms. The van der Waals surface area contributed by atoms with Crippen LogP contribution >= 0.6 is 23.2 Å². The second-order valence-corrected chi connectivity index (χ2v) is 9.42. The van der Waals surface area contributed by atoms with E-state index in [9.17, 15) is 9.59 Å². The fraction of sp³-hybridized carbons (Fsp3) is 0.192. The summed E-state index contributed by atoms with van der Waals surface area (Å²) in [7, 11) is 1.40. The first-order chi connectivity index (χ1) is 16.9. The molecule has 186 valence electrons. The van der Waals surface area contributed by atoms with Crippen molar-refractivity contribution < 1.29 is 28.3 Å². The third-order valence-electron chi connectivity index (χ3n) is 5.60. The van der Waals surface area contributed by atoms with Crippen molar-refractivity contribution in [3.63, 3.8) is 0 Å². The fourth-order valence-electron chi connectivity index (χ4n) is 4.11. The molecule has 10 heteroatoms. The van der Waals surface area contributed by atoms with Gasteiger partial charge in [0.15, 0.2) is 11.4 Å². The number of halogens is 3. The predicted molar refractivity (Wildman–Crippen MR) is 136 cm³/mol. The second kappa shape index (κ2) is 9.44. The van der Waals surface area contributed by atoms with E-state index < -0.39 is 17.5 Å². The Morgan fingerprint density at radius 1 is 1.25 bits per heavy atom. The zero-order valence-corrected chi connectivity index (χ0v) is 21.2. The molecule has 0 saturated heterocycles. The number of methoxy groups -OCH3 is 1. The average Bonchev–Trinajstić information content (AvgIpc) is 3.38. The number of rotatable bonds is 6. The summed E-state index contributed by atoms with van der Waals surface area (Å²) >= 11 is 12.6. The van der Waals surface area contributed by atoms with Gasteiger partial charge in [-0.3, -0.25) is 9.36 Å². The van der Waals surface area contributed by atoms with E-state index >= 15 is 4.39 Å². The first-order valence-corrected chi connectivity index (χ1v) is 11.5. The molecule has 0 aliphatic heterocycles. The molecule has 0 spiro atoms. The van der Waals surface area contributed by atoms with Crippen molar-refractivity contribution in [2.75, 3.05) is 7.11 Å². The van der Waals surface area contributed by atoms with Crippen molar-refractivity contribution in [3.05, 3.63) is 75.1 Å². The van der Waals surface area contributed by atoms with Crippen LogP contribution in [0, 0.1) is 6.92 Å². The first-order valence-electron chi connectivity index (χ1n) is 10.7. The molecule has 0 radical (unpaired) electrons. The molecule has 0 aliphatic rings. The topological polar surface area (TPSA) is 94.6 Å². The molecule has 0 unspecified atom stereocenters. The summed E-state index contributed by atoms with van der Waals surface area (Å²) in [6, 6.07) is 8.11. The Hall–Kier alpha value is -3.62. The van der Waals surface area contributed by atoms with Crippen LogP contribution in [-0.4, -0.2) is 33.8 Å². The van der Waals surface area contributed by atoms with Crippen molar-refractivity contribution in [1.82, 2.24) is 9.72 Å². The Morgan fingerprint density at radius 2 is 1.97 bits per heavy atom. The minimum atomic E-state index is -2.06. The predicted octanol–water partition coefficient (Wildman–Crippen LogP) is 6.91. The van der Waals surface area contributed by atoms with Gasteiger partial charge < -0.3 is 14.4 Å². The molecule has 2 aromatic carbocycles.